The number of nitrogens with one attached hydrogen (secondary N) is 1. The average molecular weight is 282 g/mol. The fourth-order valence-electron chi connectivity index (χ4n) is 2.87. The molecule has 108 valence electrons. The molecule has 1 amide bonds. The third-order valence-electron chi connectivity index (χ3n) is 3.76. The summed E-state index contributed by atoms with van der Waals surface area (Å²) in [5.74, 6) is 0.0241. The number of quaternary nitrogens is 1. The largest absolute Gasteiger partial charge is 0.341 e. The minimum Gasteiger partial charge on any atom is -0.341 e. The van der Waals surface area contributed by atoms with E-state index in [1.165, 1.54) is 21.8 Å². The highest BCUT2D eigenvalue weighted by molar-refractivity contribution is 6.09. The first kappa shape index (κ1) is 13.6. The van der Waals surface area contributed by atoms with Crippen LogP contribution in [-0.4, -0.2) is 24.1 Å². The lowest BCUT2D eigenvalue weighted by atomic mass is 10.1. The molecular formula is C17H20N3O+. The summed E-state index contributed by atoms with van der Waals surface area (Å²) >= 11 is 0. The van der Waals surface area contributed by atoms with Gasteiger partial charge in [0.15, 0.2) is 6.54 Å². The summed E-state index contributed by atoms with van der Waals surface area (Å²) < 4.78 is 2.30. The third-order valence-corrected chi connectivity index (χ3v) is 3.76. The van der Waals surface area contributed by atoms with E-state index >= 15 is 0 Å². The number of likely N-dealkylation sites (N-methyl/N-ethyl adjacent to an activating group) is 1. The number of carbonyl (C=O) groups is 1. The van der Waals surface area contributed by atoms with Crippen LogP contribution in [0.25, 0.3) is 21.8 Å². The molecule has 0 atom stereocenters. The van der Waals surface area contributed by atoms with E-state index in [2.05, 4.69) is 53.2 Å². The van der Waals surface area contributed by atoms with Crippen LogP contribution in [-0.2, 0) is 11.3 Å². The normalized spacial score (nSPS) is 11.1. The molecule has 0 radical (unpaired) electrons. The SMILES string of the molecule is CCn1c2ccccc2c2cc(NC(=O)C[NH2+]C)ccc21. The molecule has 1 heterocycles. The lowest BCUT2D eigenvalue weighted by Gasteiger charge is -2.05. The van der Waals surface area contributed by atoms with E-state index < -0.39 is 0 Å². The van der Waals surface area contributed by atoms with E-state index in [4.69, 9.17) is 0 Å². The summed E-state index contributed by atoms with van der Waals surface area (Å²) in [5.41, 5.74) is 3.30. The van der Waals surface area contributed by atoms with Crippen LogP contribution in [0.4, 0.5) is 5.69 Å². The molecule has 0 saturated carbocycles. The van der Waals surface area contributed by atoms with Crippen LogP contribution < -0.4 is 10.6 Å². The van der Waals surface area contributed by atoms with Gasteiger partial charge in [-0.15, -0.1) is 0 Å². The van der Waals surface area contributed by atoms with Gasteiger partial charge in [0.1, 0.15) is 0 Å². The number of benzene rings is 2. The zero-order chi connectivity index (χ0) is 14.8. The molecule has 3 aromatic rings. The van der Waals surface area contributed by atoms with E-state index in [0.717, 1.165) is 12.2 Å². The molecule has 0 aliphatic rings. The summed E-state index contributed by atoms with van der Waals surface area (Å²) in [5, 5.41) is 7.22. The highest BCUT2D eigenvalue weighted by Crippen LogP contribution is 2.30. The molecule has 0 aliphatic carbocycles. The summed E-state index contributed by atoms with van der Waals surface area (Å²) in [7, 11) is 1.89. The quantitative estimate of drug-likeness (QED) is 0.755. The molecule has 2 aromatic carbocycles. The van der Waals surface area contributed by atoms with Crippen molar-refractivity contribution >= 4 is 33.4 Å². The number of nitrogens with two attached hydrogens (primary N) is 1. The van der Waals surface area contributed by atoms with Gasteiger partial charge in [-0.1, -0.05) is 18.2 Å². The van der Waals surface area contributed by atoms with Gasteiger partial charge >= 0.3 is 0 Å². The molecule has 21 heavy (non-hydrogen) atoms. The van der Waals surface area contributed by atoms with Crippen LogP contribution >= 0.6 is 0 Å². The Morgan fingerprint density at radius 3 is 2.67 bits per heavy atom. The first-order valence-electron chi connectivity index (χ1n) is 7.33. The summed E-state index contributed by atoms with van der Waals surface area (Å²) in [6, 6.07) is 14.5. The van der Waals surface area contributed by atoms with Gasteiger partial charge in [0.25, 0.3) is 5.91 Å². The van der Waals surface area contributed by atoms with Crippen LogP contribution in [0.1, 0.15) is 6.92 Å². The van der Waals surface area contributed by atoms with Crippen molar-refractivity contribution in [1.82, 2.24) is 4.57 Å². The number of hydrogen-bond acceptors (Lipinski definition) is 1. The fraction of sp³-hybridized carbons (Fsp3) is 0.235. The van der Waals surface area contributed by atoms with Gasteiger partial charge in [-0.05, 0) is 31.2 Å². The van der Waals surface area contributed by atoms with Gasteiger partial charge in [-0.3, -0.25) is 4.79 Å². The highest BCUT2D eigenvalue weighted by atomic mass is 16.1. The standard InChI is InChI=1S/C17H19N3O/c1-3-20-15-7-5-4-6-13(15)14-10-12(8-9-16(14)20)19-17(21)11-18-2/h4-10,18H,3,11H2,1-2H3,(H,19,21)/p+1. The molecule has 0 aliphatic heterocycles. The Labute approximate surface area is 123 Å². The zero-order valence-corrected chi connectivity index (χ0v) is 12.4. The van der Waals surface area contributed by atoms with E-state index in [9.17, 15) is 4.79 Å². The van der Waals surface area contributed by atoms with E-state index in [-0.39, 0.29) is 5.91 Å². The molecule has 4 nitrogen and oxygen atoms in total. The predicted octanol–water partition coefficient (Wildman–Crippen LogP) is 1.95. The van der Waals surface area contributed by atoms with Crippen molar-refractivity contribution in [2.45, 2.75) is 13.5 Å². The van der Waals surface area contributed by atoms with E-state index in [0.29, 0.717) is 6.54 Å². The van der Waals surface area contributed by atoms with Crippen LogP contribution in [0.2, 0.25) is 0 Å². The zero-order valence-electron chi connectivity index (χ0n) is 12.4. The van der Waals surface area contributed by atoms with Gasteiger partial charge in [-0.25, -0.2) is 0 Å². The maximum atomic E-state index is 11.7. The molecule has 0 fully saturated rings. The van der Waals surface area contributed by atoms with Crippen molar-refractivity contribution < 1.29 is 10.1 Å². The Balaban J connectivity index is 2.13. The Morgan fingerprint density at radius 2 is 1.90 bits per heavy atom. The van der Waals surface area contributed by atoms with Crippen molar-refractivity contribution in [3.8, 4) is 0 Å². The lowest BCUT2D eigenvalue weighted by Crippen LogP contribution is -2.82. The second-order valence-electron chi connectivity index (χ2n) is 5.15. The molecule has 3 rings (SSSR count). The van der Waals surface area contributed by atoms with Gasteiger partial charge < -0.3 is 15.2 Å². The number of nitrogens with zero attached hydrogens (tertiary/aromatic N) is 1. The number of para-hydroxylation sites is 1. The number of aryl methyl sites for hydroxylation is 1. The number of aromatic nitrogens is 1. The van der Waals surface area contributed by atoms with Gasteiger partial charge in [0.05, 0.1) is 7.05 Å². The summed E-state index contributed by atoms with van der Waals surface area (Å²) in [6.45, 7) is 3.52. The topological polar surface area (TPSA) is 50.6 Å². The van der Waals surface area contributed by atoms with Gasteiger partial charge in [0, 0.05) is 34.0 Å². The summed E-state index contributed by atoms with van der Waals surface area (Å²) in [4.78, 5) is 11.7. The van der Waals surface area contributed by atoms with Crippen molar-refractivity contribution in [3.63, 3.8) is 0 Å². The maximum absolute atomic E-state index is 11.7. The van der Waals surface area contributed by atoms with Crippen molar-refractivity contribution in [1.29, 1.82) is 0 Å². The van der Waals surface area contributed by atoms with Crippen LogP contribution in [0.5, 0.6) is 0 Å². The van der Waals surface area contributed by atoms with Gasteiger partial charge in [0.2, 0.25) is 0 Å². The predicted molar refractivity (Wildman–Crippen MR) is 86.5 cm³/mol. The second kappa shape index (κ2) is 5.58. The number of carbonyl (C=O) groups excluding carboxylic acids is 1. The monoisotopic (exact) mass is 282 g/mol. The highest BCUT2D eigenvalue weighted by Gasteiger charge is 2.10. The number of hydrogen-bond donors (Lipinski definition) is 2. The third kappa shape index (κ3) is 2.38. The smallest absolute Gasteiger partial charge is 0.279 e. The molecule has 1 aromatic heterocycles. The number of amides is 1. The minimum absolute atomic E-state index is 0.0241. The number of anilines is 1. The van der Waals surface area contributed by atoms with E-state index in [1.807, 2.05) is 18.4 Å². The van der Waals surface area contributed by atoms with Crippen LogP contribution in [0.15, 0.2) is 42.5 Å². The molecular weight excluding hydrogens is 262 g/mol. The number of fused-ring (bicyclic) bond motifs is 3. The van der Waals surface area contributed by atoms with Crippen LogP contribution in [0.3, 0.4) is 0 Å². The lowest BCUT2D eigenvalue weighted by molar-refractivity contribution is -0.615. The first-order valence-corrected chi connectivity index (χ1v) is 7.33. The maximum Gasteiger partial charge on any atom is 0.279 e. The molecule has 3 N–H and O–H groups in total. The molecule has 0 bridgehead atoms. The van der Waals surface area contributed by atoms with Crippen molar-refractivity contribution in [3.05, 3.63) is 42.5 Å². The molecule has 0 saturated heterocycles. The second-order valence-corrected chi connectivity index (χ2v) is 5.15. The Hall–Kier alpha value is -2.33. The first-order chi connectivity index (χ1) is 10.2. The van der Waals surface area contributed by atoms with Crippen molar-refractivity contribution in [2.75, 3.05) is 18.9 Å². The average Bonchev–Trinajstić information content (AvgIpc) is 2.81. The Morgan fingerprint density at radius 1 is 1.14 bits per heavy atom. The number of rotatable bonds is 4. The van der Waals surface area contributed by atoms with E-state index in [1.54, 1.807) is 0 Å². The van der Waals surface area contributed by atoms with Gasteiger partial charge in [-0.2, -0.15) is 0 Å². The van der Waals surface area contributed by atoms with Crippen molar-refractivity contribution in [2.24, 2.45) is 0 Å². The fourth-order valence-corrected chi connectivity index (χ4v) is 2.87. The minimum atomic E-state index is 0.0241. The summed E-state index contributed by atoms with van der Waals surface area (Å²) in [6.07, 6.45) is 0. The molecule has 0 unspecified atom stereocenters. The molecule has 0 spiro atoms. The molecule has 4 heteroatoms. The Kier molecular flexibility index (Phi) is 3.62. The Bertz CT molecular complexity index is 804. The van der Waals surface area contributed by atoms with Crippen LogP contribution in [0, 0.1) is 0 Å².